The van der Waals surface area contributed by atoms with Crippen LogP contribution in [0.25, 0.3) is 0 Å². The van der Waals surface area contributed by atoms with Gasteiger partial charge in [-0.25, -0.2) is 0 Å². The molecule has 2 heterocycles. The van der Waals surface area contributed by atoms with Crippen molar-refractivity contribution in [2.45, 2.75) is 35.5 Å². The molecule has 0 aromatic heterocycles. The van der Waals surface area contributed by atoms with Crippen molar-refractivity contribution in [2.75, 3.05) is 31.1 Å². The molecule has 6 heteroatoms. The van der Waals surface area contributed by atoms with E-state index in [1.165, 1.54) is 9.79 Å². The zero-order valence-corrected chi connectivity index (χ0v) is 16.7. The molecule has 5 nitrogen and oxygen atoms in total. The van der Waals surface area contributed by atoms with Gasteiger partial charge in [-0.05, 0) is 37.1 Å². The minimum Gasteiger partial charge on any atom is -0.356 e. The van der Waals surface area contributed by atoms with E-state index in [1.54, 1.807) is 11.8 Å². The Morgan fingerprint density at radius 1 is 1.00 bits per heavy atom. The third-order valence-electron chi connectivity index (χ3n) is 5.19. The highest BCUT2D eigenvalue weighted by Crippen LogP contribution is 2.47. The van der Waals surface area contributed by atoms with E-state index in [1.807, 2.05) is 17.0 Å². The zero-order valence-electron chi connectivity index (χ0n) is 15.9. The van der Waals surface area contributed by atoms with E-state index in [9.17, 15) is 9.59 Å². The number of hydrogen-bond acceptors (Lipinski definition) is 4. The van der Waals surface area contributed by atoms with Gasteiger partial charge in [0.05, 0.1) is 11.4 Å². The summed E-state index contributed by atoms with van der Waals surface area (Å²) >= 11 is 1.78. The number of fused-ring (bicyclic) bond motifs is 2. The third-order valence-corrected chi connectivity index (χ3v) is 6.32. The van der Waals surface area contributed by atoms with Crippen LogP contribution in [-0.2, 0) is 9.59 Å². The normalized spacial score (nSPS) is 15.4. The number of anilines is 2. The van der Waals surface area contributed by atoms with Crippen molar-refractivity contribution in [3.8, 4) is 0 Å². The summed E-state index contributed by atoms with van der Waals surface area (Å²) in [5.41, 5.74) is 2.32. The van der Waals surface area contributed by atoms with Gasteiger partial charge in [0, 0.05) is 48.8 Å². The minimum absolute atomic E-state index is 0.0564. The first-order valence-electron chi connectivity index (χ1n) is 9.90. The van der Waals surface area contributed by atoms with Crippen LogP contribution in [0.5, 0.6) is 0 Å². The SMILES string of the molecule is O=C(CCN1c2ccccc2Sc2ccccc21)NCCCN1CCCC1=O. The van der Waals surface area contributed by atoms with Crippen molar-refractivity contribution in [3.63, 3.8) is 0 Å². The van der Waals surface area contributed by atoms with Gasteiger partial charge < -0.3 is 15.1 Å². The molecule has 2 amide bonds. The molecule has 2 aromatic carbocycles. The van der Waals surface area contributed by atoms with Crippen molar-refractivity contribution >= 4 is 35.0 Å². The van der Waals surface area contributed by atoms with Crippen molar-refractivity contribution < 1.29 is 9.59 Å². The van der Waals surface area contributed by atoms with Crippen molar-refractivity contribution in [3.05, 3.63) is 48.5 Å². The summed E-state index contributed by atoms with van der Waals surface area (Å²) in [6, 6.07) is 16.7. The smallest absolute Gasteiger partial charge is 0.222 e. The highest BCUT2D eigenvalue weighted by molar-refractivity contribution is 7.99. The van der Waals surface area contributed by atoms with Gasteiger partial charge in [-0.2, -0.15) is 0 Å². The lowest BCUT2D eigenvalue weighted by Crippen LogP contribution is -2.32. The molecule has 2 aliphatic rings. The Kier molecular flexibility index (Phi) is 5.86. The van der Waals surface area contributed by atoms with Crippen LogP contribution in [-0.4, -0.2) is 42.9 Å². The first-order chi connectivity index (χ1) is 13.7. The van der Waals surface area contributed by atoms with E-state index >= 15 is 0 Å². The van der Waals surface area contributed by atoms with Gasteiger partial charge in [0.2, 0.25) is 11.8 Å². The van der Waals surface area contributed by atoms with Crippen molar-refractivity contribution in [2.24, 2.45) is 0 Å². The maximum Gasteiger partial charge on any atom is 0.222 e. The molecule has 2 aromatic rings. The van der Waals surface area contributed by atoms with E-state index < -0.39 is 0 Å². The number of nitrogens with one attached hydrogen (secondary N) is 1. The van der Waals surface area contributed by atoms with E-state index in [0.29, 0.717) is 25.9 Å². The number of carbonyl (C=O) groups excluding carboxylic acids is 2. The topological polar surface area (TPSA) is 52.7 Å². The Bertz CT molecular complexity index is 825. The van der Waals surface area contributed by atoms with Gasteiger partial charge >= 0.3 is 0 Å². The fraction of sp³-hybridized carbons (Fsp3) is 0.364. The Morgan fingerprint density at radius 2 is 1.68 bits per heavy atom. The molecule has 0 atom stereocenters. The molecule has 1 N–H and O–H groups in total. The summed E-state index contributed by atoms with van der Waals surface area (Å²) in [6.45, 7) is 2.86. The van der Waals surface area contributed by atoms with Crippen LogP contribution in [0.2, 0.25) is 0 Å². The summed E-state index contributed by atoms with van der Waals surface area (Å²) in [5.74, 6) is 0.299. The molecule has 0 bridgehead atoms. The Labute approximate surface area is 170 Å². The second-order valence-electron chi connectivity index (χ2n) is 7.13. The number of nitrogens with zero attached hydrogens (tertiary/aromatic N) is 2. The Hall–Kier alpha value is -2.47. The highest BCUT2D eigenvalue weighted by Gasteiger charge is 2.23. The molecule has 1 fully saturated rings. The number of hydrogen-bond donors (Lipinski definition) is 1. The monoisotopic (exact) mass is 395 g/mol. The number of rotatable bonds is 7. The van der Waals surface area contributed by atoms with Crippen molar-refractivity contribution in [1.82, 2.24) is 10.2 Å². The molecule has 0 aliphatic carbocycles. The van der Waals surface area contributed by atoms with E-state index in [4.69, 9.17) is 0 Å². The maximum atomic E-state index is 12.3. The number of para-hydroxylation sites is 2. The van der Waals surface area contributed by atoms with Crippen LogP contribution in [0.1, 0.15) is 25.7 Å². The van der Waals surface area contributed by atoms with Gasteiger partial charge in [-0.15, -0.1) is 0 Å². The average Bonchev–Trinajstić information content (AvgIpc) is 3.13. The van der Waals surface area contributed by atoms with E-state index in [2.05, 4.69) is 46.6 Å². The molecule has 0 unspecified atom stereocenters. The summed E-state index contributed by atoms with van der Waals surface area (Å²) < 4.78 is 0. The van der Waals surface area contributed by atoms with Gasteiger partial charge in [-0.1, -0.05) is 36.0 Å². The summed E-state index contributed by atoms with van der Waals surface area (Å²) in [4.78, 5) is 30.5. The molecule has 0 spiro atoms. The van der Waals surface area contributed by atoms with Crippen LogP contribution in [0.3, 0.4) is 0 Å². The Balaban J connectivity index is 1.31. The fourth-order valence-corrected chi connectivity index (χ4v) is 4.86. The Morgan fingerprint density at radius 3 is 2.32 bits per heavy atom. The van der Waals surface area contributed by atoms with E-state index in [0.717, 1.165) is 37.3 Å². The third kappa shape index (κ3) is 4.17. The molecule has 146 valence electrons. The lowest BCUT2D eigenvalue weighted by Gasteiger charge is -2.32. The summed E-state index contributed by atoms with van der Waals surface area (Å²) in [6.07, 6.45) is 2.88. The lowest BCUT2D eigenvalue weighted by atomic mass is 10.2. The maximum absolute atomic E-state index is 12.3. The number of amides is 2. The molecule has 28 heavy (non-hydrogen) atoms. The molecule has 0 radical (unpaired) electrons. The first kappa shape index (κ1) is 18.9. The minimum atomic E-state index is 0.0564. The molecule has 4 rings (SSSR count). The predicted molar refractivity (Wildman–Crippen MR) is 112 cm³/mol. The van der Waals surface area contributed by atoms with Gasteiger partial charge in [0.1, 0.15) is 0 Å². The molecular formula is C22H25N3O2S. The van der Waals surface area contributed by atoms with E-state index in [-0.39, 0.29) is 11.8 Å². The van der Waals surface area contributed by atoms with Crippen molar-refractivity contribution in [1.29, 1.82) is 0 Å². The standard InChI is InChI=1S/C22H25N3O2S/c26-21(23-13-6-15-24-14-5-11-22(24)27)12-16-25-17-7-1-3-9-19(17)28-20-10-4-2-8-18(20)25/h1-4,7-10H,5-6,11-16H2,(H,23,26). The molecule has 2 aliphatic heterocycles. The highest BCUT2D eigenvalue weighted by atomic mass is 32.2. The average molecular weight is 396 g/mol. The second-order valence-corrected chi connectivity index (χ2v) is 8.21. The molecular weight excluding hydrogens is 370 g/mol. The van der Waals surface area contributed by atoms with Crippen LogP contribution in [0.4, 0.5) is 11.4 Å². The van der Waals surface area contributed by atoms with Crippen LogP contribution in [0.15, 0.2) is 58.3 Å². The van der Waals surface area contributed by atoms with Gasteiger partial charge in [0.15, 0.2) is 0 Å². The largest absolute Gasteiger partial charge is 0.356 e. The molecule has 1 saturated heterocycles. The predicted octanol–water partition coefficient (Wildman–Crippen LogP) is 3.81. The zero-order chi connectivity index (χ0) is 19.3. The molecule has 0 saturated carbocycles. The van der Waals surface area contributed by atoms with Crippen LogP contribution < -0.4 is 10.2 Å². The quantitative estimate of drug-likeness (QED) is 0.725. The fourth-order valence-electron chi connectivity index (χ4n) is 3.76. The number of carbonyl (C=O) groups is 2. The van der Waals surface area contributed by atoms with Gasteiger partial charge in [0.25, 0.3) is 0 Å². The summed E-state index contributed by atoms with van der Waals surface area (Å²) in [5, 5.41) is 3.00. The first-order valence-corrected chi connectivity index (χ1v) is 10.7. The van der Waals surface area contributed by atoms with Crippen LogP contribution >= 0.6 is 11.8 Å². The van der Waals surface area contributed by atoms with Crippen LogP contribution in [0, 0.1) is 0 Å². The lowest BCUT2D eigenvalue weighted by molar-refractivity contribution is -0.127. The summed E-state index contributed by atoms with van der Waals surface area (Å²) in [7, 11) is 0. The number of benzene rings is 2. The second kappa shape index (κ2) is 8.69. The number of likely N-dealkylation sites (tertiary alicyclic amines) is 1. The van der Waals surface area contributed by atoms with Gasteiger partial charge in [-0.3, -0.25) is 9.59 Å².